The number of nitrogens with zero attached hydrogens (tertiary/aromatic N) is 3. The summed E-state index contributed by atoms with van der Waals surface area (Å²) in [6.07, 6.45) is 2.77. The van der Waals surface area contributed by atoms with Gasteiger partial charge in [0.05, 0.1) is 0 Å². The van der Waals surface area contributed by atoms with Crippen LogP contribution in [0.4, 0.5) is 4.79 Å². The number of hydrogen-bond donors (Lipinski definition) is 3. The van der Waals surface area contributed by atoms with Gasteiger partial charge in [-0.2, -0.15) is 5.10 Å². The molecule has 114 valence electrons. The van der Waals surface area contributed by atoms with E-state index < -0.39 is 17.5 Å². The fourth-order valence-electron chi connectivity index (χ4n) is 2.00. The summed E-state index contributed by atoms with van der Waals surface area (Å²) in [7, 11) is 0. The highest BCUT2D eigenvalue weighted by Crippen LogP contribution is 2.15. The predicted molar refractivity (Wildman–Crippen MR) is 72.0 cm³/mol. The molecule has 9 nitrogen and oxygen atoms in total. The third kappa shape index (κ3) is 3.56. The number of carbonyl (C=O) groups is 3. The molecule has 1 aromatic heterocycles. The van der Waals surface area contributed by atoms with Crippen LogP contribution in [-0.4, -0.2) is 56.6 Å². The minimum Gasteiger partial charge on any atom is -0.355 e. The van der Waals surface area contributed by atoms with Crippen molar-refractivity contribution in [3.63, 3.8) is 0 Å². The molecule has 4 amide bonds. The third-order valence-electron chi connectivity index (χ3n) is 3.12. The Morgan fingerprint density at radius 1 is 1.43 bits per heavy atom. The maximum absolute atomic E-state index is 11.9. The topological polar surface area (TPSA) is 120 Å². The lowest BCUT2D eigenvalue weighted by Gasteiger charge is -2.15. The molecule has 1 aliphatic rings. The van der Waals surface area contributed by atoms with E-state index in [0.717, 1.165) is 10.7 Å². The first-order valence-corrected chi connectivity index (χ1v) is 6.65. The summed E-state index contributed by atoms with van der Waals surface area (Å²) >= 11 is 0. The summed E-state index contributed by atoms with van der Waals surface area (Å²) in [6, 6.07) is -0.540. The minimum atomic E-state index is -0.955. The van der Waals surface area contributed by atoms with E-state index >= 15 is 0 Å². The number of aromatic amines is 1. The third-order valence-corrected chi connectivity index (χ3v) is 3.12. The van der Waals surface area contributed by atoms with Crippen LogP contribution < -0.4 is 10.6 Å². The van der Waals surface area contributed by atoms with Crippen LogP contribution in [0.1, 0.15) is 26.1 Å². The second-order valence-corrected chi connectivity index (χ2v) is 5.33. The highest BCUT2D eigenvalue weighted by Gasteiger charge is 2.44. The average Bonchev–Trinajstić information content (AvgIpc) is 2.98. The number of urea groups is 1. The van der Waals surface area contributed by atoms with Crippen molar-refractivity contribution in [1.29, 1.82) is 0 Å². The molecular formula is C12H18N6O3. The Morgan fingerprint density at radius 3 is 2.76 bits per heavy atom. The first kappa shape index (κ1) is 14.9. The molecule has 0 saturated carbocycles. The Kier molecular flexibility index (Phi) is 4.20. The molecule has 0 spiro atoms. The molecule has 2 heterocycles. The van der Waals surface area contributed by atoms with Crippen molar-refractivity contribution in [3.05, 3.63) is 12.2 Å². The summed E-state index contributed by atoms with van der Waals surface area (Å²) in [6.45, 7) is 3.37. The zero-order valence-electron chi connectivity index (χ0n) is 12.0. The monoisotopic (exact) mass is 294 g/mol. The van der Waals surface area contributed by atoms with Gasteiger partial charge in [0.15, 0.2) is 0 Å². The zero-order chi connectivity index (χ0) is 15.5. The van der Waals surface area contributed by atoms with Gasteiger partial charge < -0.3 is 10.6 Å². The van der Waals surface area contributed by atoms with E-state index in [2.05, 4.69) is 25.8 Å². The van der Waals surface area contributed by atoms with Crippen LogP contribution in [0.2, 0.25) is 0 Å². The zero-order valence-corrected chi connectivity index (χ0v) is 12.0. The molecule has 1 fully saturated rings. The van der Waals surface area contributed by atoms with Crippen LogP contribution >= 0.6 is 0 Å². The van der Waals surface area contributed by atoms with Gasteiger partial charge in [-0.25, -0.2) is 9.78 Å². The Bertz CT molecular complexity index is 539. The van der Waals surface area contributed by atoms with Gasteiger partial charge in [0.1, 0.15) is 24.2 Å². The lowest BCUT2D eigenvalue weighted by molar-refractivity contribution is -0.134. The number of aryl methyl sites for hydroxylation is 1. The molecule has 0 atom stereocenters. The molecule has 0 unspecified atom stereocenters. The summed E-state index contributed by atoms with van der Waals surface area (Å²) in [5.41, 5.74) is -0.955. The summed E-state index contributed by atoms with van der Waals surface area (Å²) < 4.78 is 0. The SMILES string of the molecule is CC1(C)NC(=O)N(CC(=O)NCCCc2ncn[nH]2)C1=O. The van der Waals surface area contributed by atoms with Gasteiger partial charge in [0, 0.05) is 13.0 Å². The molecule has 1 aliphatic heterocycles. The van der Waals surface area contributed by atoms with Crippen molar-refractivity contribution < 1.29 is 14.4 Å². The van der Waals surface area contributed by atoms with Crippen molar-refractivity contribution in [2.45, 2.75) is 32.2 Å². The molecule has 3 N–H and O–H groups in total. The van der Waals surface area contributed by atoms with Gasteiger partial charge in [-0.3, -0.25) is 19.6 Å². The van der Waals surface area contributed by atoms with Gasteiger partial charge in [0.2, 0.25) is 5.91 Å². The van der Waals surface area contributed by atoms with Crippen LogP contribution in [0.3, 0.4) is 0 Å². The number of hydrogen-bond acceptors (Lipinski definition) is 5. The van der Waals surface area contributed by atoms with Gasteiger partial charge in [-0.05, 0) is 20.3 Å². The molecule has 0 aliphatic carbocycles. The van der Waals surface area contributed by atoms with Gasteiger partial charge in [-0.15, -0.1) is 0 Å². The van der Waals surface area contributed by atoms with Crippen molar-refractivity contribution >= 4 is 17.8 Å². The molecule has 2 rings (SSSR count). The Balaban J connectivity index is 1.72. The number of rotatable bonds is 6. The van der Waals surface area contributed by atoms with E-state index in [9.17, 15) is 14.4 Å². The van der Waals surface area contributed by atoms with Crippen LogP contribution in [0.15, 0.2) is 6.33 Å². The lowest BCUT2D eigenvalue weighted by atomic mass is 10.1. The molecule has 0 aromatic carbocycles. The second-order valence-electron chi connectivity index (χ2n) is 5.33. The number of imide groups is 1. The predicted octanol–water partition coefficient (Wildman–Crippen LogP) is -0.816. The Hall–Kier alpha value is -2.45. The maximum atomic E-state index is 11.9. The molecule has 1 aromatic rings. The number of amides is 4. The van der Waals surface area contributed by atoms with Gasteiger partial charge >= 0.3 is 6.03 Å². The van der Waals surface area contributed by atoms with Gasteiger partial charge in [0.25, 0.3) is 5.91 Å². The quantitative estimate of drug-likeness (QED) is 0.468. The van der Waals surface area contributed by atoms with E-state index in [1.165, 1.54) is 6.33 Å². The summed E-state index contributed by atoms with van der Waals surface area (Å²) in [5.74, 6) is -0.0156. The smallest absolute Gasteiger partial charge is 0.325 e. The highest BCUT2D eigenvalue weighted by molar-refractivity contribution is 6.08. The van der Waals surface area contributed by atoms with E-state index in [-0.39, 0.29) is 12.5 Å². The summed E-state index contributed by atoms with van der Waals surface area (Å²) in [5, 5.41) is 11.6. The Labute approximate surface area is 121 Å². The number of H-pyrrole nitrogens is 1. The fourth-order valence-corrected chi connectivity index (χ4v) is 2.00. The second kappa shape index (κ2) is 5.90. The van der Waals surface area contributed by atoms with E-state index in [4.69, 9.17) is 0 Å². The van der Waals surface area contributed by atoms with Crippen molar-refractivity contribution in [2.75, 3.05) is 13.1 Å². The number of nitrogens with one attached hydrogen (secondary N) is 3. The van der Waals surface area contributed by atoms with E-state index in [1.54, 1.807) is 13.8 Å². The average molecular weight is 294 g/mol. The molecule has 9 heteroatoms. The van der Waals surface area contributed by atoms with Crippen LogP contribution in [0, 0.1) is 0 Å². The van der Waals surface area contributed by atoms with E-state index in [0.29, 0.717) is 19.4 Å². The minimum absolute atomic E-state index is 0.267. The lowest BCUT2D eigenvalue weighted by Crippen LogP contribution is -2.43. The molecular weight excluding hydrogens is 276 g/mol. The number of carbonyl (C=O) groups excluding carboxylic acids is 3. The Morgan fingerprint density at radius 2 is 2.19 bits per heavy atom. The molecule has 1 saturated heterocycles. The highest BCUT2D eigenvalue weighted by atomic mass is 16.2. The first-order chi connectivity index (χ1) is 9.90. The van der Waals surface area contributed by atoms with Crippen molar-refractivity contribution in [1.82, 2.24) is 30.7 Å². The van der Waals surface area contributed by atoms with Gasteiger partial charge in [-0.1, -0.05) is 0 Å². The van der Waals surface area contributed by atoms with Crippen molar-refractivity contribution in [3.8, 4) is 0 Å². The van der Waals surface area contributed by atoms with Crippen LogP contribution in [0.25, 0.3) is 0 Å². The number of aromatic nitrogens is 3. The van der Waals surface area contributed by atoms with Crippen LogP contribution in [-0.2, 0) is 16.0 Å². The largest absolute Gasteiger partial charge is 0.355 e. The summed E-state index contributed by atoms with van der Waals surface area (Å²) in [4.78, 5) is 40.1. The molecule has 0 bridgehead atoms. The van der Waals surface area contributed by atoms with Crippen molar-refractivity contribution in [2.24, 2.45) is 0 Å². The molecule has 21 heavy (non-hydrogen) atoms. The molecule has 0 radical (unpaired) electrons. The maximum Gasteiger partial charge on any atom is 0.325 e. The normalized spacial score (nSPS) is 17.0. The standard InChI is InChI=1S/C12H18N6O3/c1-12(2)10(20)18(11(21)16-12)6-9(19)13-5-3-4-8-14-7-15-17-8/h7H,3-6H2,1-2H3,(H,13,19)(H,16,21)(H,14,15,17). The fraction of sp³-hybridized carbons (Fsp3) is 0.583. The van der Waals surface area contributed by atoms with Crippen LogP contribution in [0.5, 0.6) is 0 Å². The van der Waals surface area contributed by atoms with E-state index in [1.807, 2.05) is 0 Å². The first-order valence-electron chi connectivity index (χ1n) is 6.65.